The molecule has 32 heavy (non-hydrogen) atoms. The summed E-state index contributed by atoms with van der Waals surface area (Å²) < 4.78 is 2.13. The third-order valence-corrected chi connectivity index (χ3v) is 5.76. The zero-order valence-electron chi connectivity index (χ0n) is 18.0. The number of amides is 1. The van der Waals surface area contributed by atoms with Gasteiger partial charge in [-0.2, -0.15) is 0 Å². The van der Waals surface area contributed by atoms with Crippen molar-refractivity contribution in [1.29, 1.82) is 0 Å². The first-order chi connectivity index (χ1) is 15.7. The molecule has 0 fully saturated rings. The maximum absolute atomic E-state index is 12.5. The molecule has 6 nitrogen and oxygen atoms in total. The quantitative estimate of drug-likeness (QED) is 0.395. The van der Waals surface area contributed by atoms with E-state index in [1.807, 2.05) is 55.6 Å². The van der Waals surface area contributed by atoms with Crippen molar-refractivity contribution in [3.8, 4) is 0 Å². The topological polar surface area (TPSA) is 75.6 Å². The van der Waals surface area contributed by atoms with Gasteiger partial charge in [0, 0.05) is 32.0 Å². The third kappa shape index (κ3) is 4.25. The largest absolute Gasteiger partial charge is 0.342 e. The van der Waals surface area contributed by atoms with Gasteiger partial charge in [0.15, 0.2) is 0 Å². The Morgan fingerprint density at radius 1 is 0.906 bits per heavy atom. The monoisotopic (exact) mass is 423 g/mol. The van der Waals surface area contributed by atoms with Gasteiger partial charge in [-0.25, -0.2) is 9.97 Å². The summed E-state index contributed by atoms with van der Waals surface area (Å²) in [4.78, 5) is 25.1. The van der Waals surface area contributed by atoms with Crippen LogP contribution >= 0.6 is 0 Å². The van der Waals surface area contributed by atoms with Crippen LogP contribution in [0, 0.1) is 0 Å². The number of benzene rings is 3. The second-order valence-electron chi connectivity index (χ2n) is 8.02. The number of hydrogen-bond donors (Lipinski definition) is 2. The number of para-hydroxylation sites is 2. The molecule has 0 saturated carbocycles. The third-order valence-electron chi connectivity index (χ3n) is 5.76. The first-order valence-electron chi connectivity index (χ1n) is 10.9. The molecule has 0 bridgehead atoms. The number of carbonyl (C=O) groups excluding carboxylic acids is 1. The predicted octanol–water partition coefficient (Wildman–Crippen LogP) is 4.81. The maximum Gasteiger partial charge on any atom is 0.224 e. The van der Waals surface area contributed by atoms with Crippen LogP contribution in [0.4, 0.5) is 5.69 Å². The first-order valence-corrected chi connectivity index (χ1v) is 10.9. The molecule has 0 aliphatic rings. The van der Waals surface area contributed by atoms with Crippen LogP contribution in [0.1, 0.15) is 23.6 Å². The van der Waals surface area contributed by atoms with E-state index in [1.165, 1.54) is 5.56 Å². The van der Waals surface area contributed by atoms with Crippen molar-refractivity contribution in [3.05, 3.63) is 90.0 Å². The summed E-state index contributed by atoms with van der Waals surface area (Å²) in [6, 6.07) is 24.2. The minimum absolute atomic E-state index is 0.0370. The number of hydrogen-bond acceptors (Lipinski definition) is 3. The number of aromatic amines is 1. The molecular formula is C26H25N5O. The highest BCUT2D eigenvalue weighted by Crippen LogP contribution is 2.21. The molecule has 2 heterocycles. The average Bonchev–Trinajstić information content (AvgIpc) is 3.37. The van der Waals surface area contributed by atoms with E-state index in [2.05, 4.69) is 44.1 Å². The number of nitrogens with one attached hydrogen (secondary N) is 2. The molecule has 2 N–H and O–H groups in total. The van der Waals surface area contributed by atoms with Crippen LogP contribution in [0.15, 0.2) is 72.8 Å². The van der Waals surface area contributed by atoms with E-state index in [-0.39, 0.29) is 5.91 Å². The number of anilines is 1. The normalized spacial score (nSPS) is 11.3. The summed E-state index contributed by atoms with van der Waals surface area (Å²) in [5.74, 6) is 1.83. The number of imidazole rings is 2. The number of aromatic nitrogens is 4. The van der Waals surface area contributed by atoms with E-state index in [0.717, 1.165) is 52.2 Å². The standard InChI is InChI=1S/C26H25N5O/c1-31-23-13-12-19(17-22(23)30-25(31)15-11-18-7-3-2-4-8-18)27-26(32)16-14-24-28-20-9-5-6-10-21(20)29-24/h2-10,12-13,17H,11,14-16H2,1H3,(H,27,32)(H,28,29). The van der Waals surface area contributed by atoms with Crippen molar-refractivity contribution in [3.63, 3.8) is 0 Å². The molecule has 160 valence electrons. The summed E-state index contributed by atoms with van der Waals surface area (Å²) >= 11 is 0. The van der Waals surface area contributed by atoms with Gasteiger partial charge in [-0.15, -0.1) is 0 Å². The minimum atomic E-state index is -0.0370. The summed E-state index contributed by atoms with van der Waals surface area (Å²) in [5.41, 5.74) is 5.94. The van der Waals surface area contributed by atoms with Crippen LogP contribution in [0.2, 0.25) is 0 Å². The fourth-order valence-electron chi connectivity index (χ4n) is 4.03. The number of nitrogens with zero attached hydrogens (tertiary/aromatic N) is 3. The van der Waals surface area contributed by atoms with Crippen LogP contribution in [0.3, 0.4) is 0 Å². The van der Waals surface area contributed by atoms with Gasteiger partial charge in [0.05, 0.1) is 22.1 Å². The summed E-state index contributed by atoms with van der Waals surface area (Å²) in [7, 11) is 2.04. The highest BCUT2D eigenvalue weighted by atomic mass is 16.1. The Hall–Kier alpha value is -3.93. The molecule has 2 aromatic heterocycles. The second kappa shape index (κ2) is 8.67. The van der Waals surface area contributed by atoms with E-state index in [1.54, 1.807) is 0 Å². The van der Waals surface area contributed by atoms with Crippen LogP contribution in [0.25, 0.3) is 22.1 Å². The molecule has 0 saturated heterocycles. The minimum Gasteiger partial charge on any atom is -0.342 e. The van der Waals surface area contributed by atoms with E-state index in [4.69, 9.17) is 4.98 Å². The van der Waals surface area contributed by atoms with Gasteiger partial charge in [0.2, 0.25) is 5.91 Å². The smallest absolute Gasteiger partial charge is 0.224 e. The van der Waals surface area contributed by atoms with Crippen LogP contribution in [-0.4, -0.2) is 25.4 Å². The lowest BCUT2D eigenvalue weighted by molar-refractivity contribution is -0.116. The number of H-pyrrole nitrogens is 1. The zero-order chi connectivity index (χ0) is 21.9. The highest BCUT2D eigenvalue weighted by molar-refractivity contribution is 5.93. The summed E-state index contributed by atoms with van der Waals surface area (Å²) in [6.45, 7) is 0. The van der Waals surface area contributed by atoms with E-state index in [0.29, 0.717) is 12.8 Å². The molecule has 0 aliphatic heterocycles. The summed E-state index contributed by atoms with van der Waals surface area (Å²) in [6.07, 6.45) is 2.75. The van der Waals surface area contributed by atoms with Crippen LogP contribution in [0.5, 0.6) is 0 Å². The van der Waals surface area contributed by atoms with Gasteiger partial charge in [0.25, 0.3) is 0 Å². The van der Waals surface area contributed by atoms with E-state index in [9.17, 15) is 4.79 Å². The molecule has 0 atom stereocenters. The van der Waals surface area contributed by atoms with E-state index >= 15 is 0 Å². The molecule has 0 radical (unpaired) electrons. The van der Waals surface area contributed by atoms with Gasteiger partial charge in [0.1, 0.15) is 11.6 Å². The molecule has 3 aromatic carbocycles. The van der Waals surface area contributed by atoms with Gasteiger partial charge in [-0.1, -0.05) is 42.5 Å². The molecule has 6 heteroatoms. The fraction of sp³-hybridized carbons (Fsp3) is 0.192. The first kappa shape index (κ1) is 20.0. The Balaban J connectivity index is 1.23. The van der Waals surface area contributed by atoms with Gasteiger partial charge < -0.3 is 14.9 Å². The average molecular weight is 424 g/mol. The Kier molecular flexibility index (Phi) is 5.42. The molecule has 0 spiro atoms. The lowest BCUT2D eigenvalue weighted by Crippen LogP contribution is -2.12. The van der Waals surface area contributed by atoms with Crippen molar-refractivity contribution < 1.29 is 4.79 Å². The fourth-order valence-corrected chi connectivity index (χ4v) is 4.03. The van der Waals surface area contributed by atoms with Gasteiger partial charge in [-0.3, -0.25) is 4.79 Å². The zero-order valence-corrected chi connectivity index (χ0v) is 18.0. The van der Waals surface area contributed by atoms with Crippen LogP contribution < -0.4 is 5.32 Å². The molecule has 0 aliphatic carbocycles. The lowest BCUT2D eigenvalue weighted by atomic mass is 10.1. The van der Waals surface area contributed by atoms with Crippen molar-refractivity contribution in [1.82, 2.24) is 19.5 Å². The molecule has 5 aromatic rings. The Labute approximate surface area is 186 Å². The Bertz CT molecular complexity index is 1350. The van der Waals surface area contributed by atoms with Crippen molar-refractivity contribution in [2.45, 2.75) is 25.7 Å². The second-order valence-corrected chi connectivity index (χ2v) is 8.02. The van der Waals surface area contributed by atoms with Crippen LogP contribution in [-0.2, 0) is 31.1 Å². The Morgan fingerprint density at radius 3 is 2.56 bits per heavy atom. The summed E-state index contributed by atoms with van der Waals surface area (Å²) in [5, 5.41) is 2.99. The Morgan fingerprint density at radius 2 is 1.72 bits per heavy atom. The maximum atomic E-state index is 12.5. The molecule has 0 unspecified atom stereocenters. The van der Waals surface area contributed by atoms with Crippen molar-refractivity contribution >= 4 is 33.7 Å². The van der Waals surface area contributed by atoms with E-state index < -0.39 is 0 Å². The predicted molar refractivity (Wildman–Crippen MR) is 128 cm³/mol. The van der Waals surface area contributed by atoms with Crippen molar-refractivity contribution in [2.75, 3.05) is 5.32 Å². The lowest BCUT2D eigenvalue weighted by Gasteiger charge is -2.05. The number of carbonyl (C=O) groups is 1. The molecular weight excluding hydrogens is 398 g/mol. The highest BCUT2D eigenvalue weighted by Gasteiger charge is 2.11. The number of rotatable bonds is 7. The number of fused-ring (bicyclic) bond motifs is 2. The SMILES string of the molecule is Cn1c(CCc2ccccc2)nc2cc(NC(=O)CCc3nc4ccccc4[nH]3)ccc21. The molecule has 5 rings (SSSR count). The number of aryl methyl sites for hydroxylation is 4. The molecule has 1 amide bonds. The van der Waals surface area contributed by atoms with Crippen molar-refractivity contribution in [2.24, 2.45) is 7.05 Å². The van der Waals surface area contributed by atoms with Gasteiger partial charge >= 0.3 is 0 Å². The van der Waals surface area contributed by atoms with Gasteiger partial charge in [-0.05, 0) is 42.3 Å².